The molecular weight excluding hydrogens is 380 g/mol. The standard InChI is InChI=1S/C20H21BrN2O2/c1-9-5-11(6-10(2)18(9)21)22-8-23-19(24)16-12-3-4-13(15-7-14(12)15)17(16)20(23)25/h3-6,12-17,22H,7-8H2,1-2H3. The van der Waals surface area contributed by atoms with Gasteiger partial charge in [-0.25, -0.2) is 0 Å². The van der Waals surface area contributed by atoms with E-state index in [1.54, 1.807) is 0 Å². The van der Waals surface area contributed by atoms with Gasteiger partial charge < -0.3 is 5.32 Å². The number of aryl methyl sites for hydroxylation is 2. The number of imide groups is 1. The number of amides is 2. The summed E-state index contributed by atoms with van der Waals surface area (Å²) in [5.41, 5.74) is 3.22. The average molecular weight is 401 g/mol. The Bertz CT molecular complexity index is 774. The summed E-state index contributed by atoms with van der Waals surface area (Å²) in [5, 5.41) is 3.28. The molecule has 6 rings (SSSR count). The smallest absolute Gasteiger partial charge is 0.235 e. The van der Waals surface area contributed by atoms with Crippen molar-refractivity contribution in [3.8, 4) is 0 Å². The zero-order chi connectivity index (χ0) is 17.5. The molecule has 6 atom stereocenters. The molecule has 4 nitrogen and oxygen atoms in total. The molecule has 1 aliphatic heterocycles. The van der Waals surface area contributed by atoms with E-state index in [9.17, 15) is 9.59 Å². The van der Waals surface area contributed by atoms with Gasteiger partial charge in [0.25, 0.3) is 0 Å². The summed E-state index contributed by atoms with van der Waals surface area (Å²) >= 11 is 3.57. The summed E-state index contributed by atoms with van der Waals surface area (Å²) < 4.78 is 1.10. The second-order valence-corrected chi connectivity index (χ2v) is 8.81. The minimum atomic E-state index is -0.110. The third kappa shape index (κ3) is 2.11. The number of carbonyl (C=O) groups is 2. The van der Waals surface area contributed by atoms with Crippen LogP contribution in [0.1, 0.15) is 17.5 Å². The number of allylic oxidation sites excluding steroid dienone is 2. The molecule has 6 unspecified atom stereocenters. The molecular formula is C20H21BrN2O2. The molecule has 0 radical (unpaired) electrons. The molecule has 0 aromatic heterocycles. The summed E-state index contributed by atoms with van der Waals surface area (Å²) in [5.74, 6) is 1.71. The van der Waals surface area contributed by atoms with Gasteiger partial charge >= 0.3 is 0 Å². The van der Waals surface area contributed by atoms with Gasteiger partial charge in [0, 0.05) is 10.2 Å². The molecule has 0 spiro atoms. The molecule has 5 aliphatic rings. The molecule has 2 bridgehead atoms. The zero-order valence-corrected chi connectivity index (χ0v) is 15.9. The van der Waals surface area contributed by atoms with Crippen LogP contribution in [-0.4, -0.2) is 23.4 Å². The van der Waals surface area contributed by atoms with Gasteiger partial charge in [-0.05, 0) is 67.2 Å². The van der Waals surface area contributed by atoms with Crippen molar-refractivity contribution in [3.05, 3.63) is 39.9 Å². The molecule has 2 saturated carbocycles. The molecule has 1 aromatic carbocycles. The molecule has 1 saturated heterocycles. The van der Waals surface area contributed by atoms with Crippen LogP contribution in [-0.2, 0) is 9.59 Å². The maximum atomic E-state index is 12.9. The number of hydrogen-bond donors (Lipinski definition) is 1. The average Bonchev–Trinajstić information content (AvgIpc) is 3.37. The Balaban J connectivity index is 1.36. The Morgan fingerprint density at radius 3 is 2.08 bits per heavy atom. The van der Waals surface area contributed by atoms with Gasteiger partial charge in [0.2, 0.25) is 11.8 Å². The lowest BCUT2D eigenvalue weighted by atomic mass is 9.63. The van der Waals surface area contributed by atoms with Gasteiger partial charge in [-0.3, -0.25) is 14.5 Å². The van der Waals surface area contributed by atoms with E-state index in [2.05, 4.69) is 33.4 Å². The van der Waals surface area contributed by atoms with Crippen LogP contribution in [0.3, 0.4) is 0 Å². The first-order valence-electron chi connectivity index (χ1n) is 9.01. The fourth-order valence-corrected chi connectivity index (χ4v) is 5.62. The van der Waals surface area contributed by atoms with Gasteiger partial charge in [0.1, 0.15) is 0 Å². The molecule has 2 amide bonds. The highest BCUT2D eigenvalue weighted by Crippen LogP contribution is 2.65. The molecule has 1 aromatic rings. The number of carbonyl (C=O) groups excluding carboxylic acids is 2. The Labute approximate surface area is 155 Å². The van der Waals surface area contributed by atoms with E-state index in [1.165, 1.54) is 11.3 Å². The molecule has 1 heterocycles. The third-order valence-electron chi connectivity index (χ3n) is 6.63. The van der Waals surface area contributed by atoms with Gasteiger partial charge in [0.15, 0.2) is 0 Å². The minimum absolute atomic E-state index is 0.0257. The maximum Gasteiger partial charge on any atom is 0.235 e. The van der Waals surface area contributed by atoms with Crippen molar-refractivity contribution in [2.75, 3.05) is 12.0 Å². The third-order valence-corrected chi connectivity index (χ3v) is 7.88. The molecule has 3 fully saturated rings. The summed E-state index contributed by atoms with van der Waals surface area (Å²) in [6.45, 7) is 4.34. The fourth-order valence-electron chi connectivity index (χ4n) is 5.39. The highest BCUT2D eigenvalue weighted by molar-refractivity contribution is 9.10. The quantitative estimate of drug-likeness (QED) is 0.623. The molecule has 25 heavy (non-hydrogen) atoms. The predicted molar refractivity (Wildman–Crippen MR) is 98.7 cm³/mol. The summed E-state index contributed by atoms with van der Waals surface area (Å²) in [6.07, 6.45) is 5.62. The van der Waals surface area contributed by atoms with Crippen LogP contribution in [0.25, 0.3) is 0 Å². The van der Waals surface area contributed by atoms with Crippen molar-refractivity contribution >= 4 is 33.4 Å². The van der Waals surface area contributed by atoms with Crippen molar-refractivity contribution in [1.29, 1.82) is 0 Å². The summed E-state index contributed by atoms with van der Waals surface area (Å²) in [7, 11) is 0. The van der Waals surface area contributed by atoms with Gasteiger partial charge in [0.05, 0.1) is 18.5 Å². The van der Waals surface area contributed by atoms with Crippen LogP contribution in [0.5, 0.6) is 0 Å². The molecule has 4 aliphatic carbocycles. The predicted octanol–water partition coefficient (Wildman–Crippen LogP) is 3.49. The first-order valence-corrected chi connectivity index (χ1v) is 9.81. The first kappa shape index (κ1) is 15.6. The number of rotatable bonds is 3. The largest absolute Gasteiger partial charge is 0.367 e. The van der Waals surface area contributed by atoms with E-state index >= 15 is 0 Å². The Kier molecular flexibility index (Phi) is 3.25. The lowest BCUT2D eigenvalue weighted by molar-refractivity contribution is -0.139. The van der Waals surface area contributed by atoms with E-state index in [0.717, 1.165) is 21.3 Å². The van der Waals surface area contributed by atoms with Crippen LogP contribution in [0.15, 0.2) is 28.8 Å². The minimum Gasteiger partial charge on any atom is -0.367 e. The van der Waals surface area contributed by atoms with Gasteiger partial charge in [-0.2, -0.15) is 0 Å². The zero-order valence-electron chi connectivity index (χ0n) is 14.3. The second kappa shape index (κ2) is 5.19. The number of anilines is 1. The van der Waals surface area contributed by atoms with Gasteiger partial charge in [-0.15, -0.1) is 0 Å². The lowest BCUT2D eigenvalue weighted by Crippen LogP contribution is -2.40. The van der Waals surface area contributed by atoms with Crippen LogP contribution >= 0.6 is 15.9 Å². The highest BCUT2D eigenvalue weighted by Gasteiger charge is 2.66. The van der Waals surface area contributed by atoms with E-state index in [0.29, 0.717) is 23.7 Å². The number of likely N-dealkylation sites (tertiary alicyclic amines) is 1. The number of hydrogen-bond acceptors (Lipinski definition) is 3. The van der Waals surface area contributed by atoms with E-state index in [4.69, 9.17) is 0 Å². The molecule has 130 valence electrons. The van der Waals surface area contributed by atoms with Crippen LogP contribution in [0, 0.1) is 49.4 Å². The van der Waals surface area contributed by atoms with E-state index in [1.807, 2.05) is 26.0 Å². The van der Waals surface area contributed by atoms with E-state index in [-0.39, 0.29) is 30.3 Å². The SMILES string of the molecule is Cc1cc(NCN2C(=O)C3C4C=CC(C5CC45)C3C2=O)cc(C)c1Br. The van der Waals surface area contributed by atoms with Crippen LogP contribution < -0.4 is 5.32 Å². The van der Waals surface area contributed by atoms with E-state index < -0.39 is 0 Å². The normalized spacial score (nSPS) is 37.3. The summed E-state index contributed by atoms with van der Waals surface area (Å²) in [6, 6.07) is 4.07. The second-order valence-electron chi connectivity index (χ2n) is 8.02. The topological polar surface area (TPSA) is 49.4 Å². The Morgan fingerprint density at radius 2 is 1.56 bits per heavy atom. The maximum absolute atomic E-state index is 12.9. The lowest BCUT2D eigenvalue weighted by Gasteiger charge is -2.37. The number of halogens is 1. The van der Waals surface area contributed by atoms with Crippen LogP contribution in [0.4, 0.5) is 5.69 Å². The van der Waals surface area contributed by atoms with Crippen molar-refractivity contribution < 1.29 is 9.59 Å². The van der Waals surface area contributed by atoms with Crippen molar-refractivity contribution in [2.24, 2.45) is 35.5 Å². The molecule has 1 N–H and O–H groups in total. The highest BCUT2D eigenvalue weighted by atomic mass is 79.9. The van der Waals surface area contributed by atoms with Crippen molar-refractivity contribution in [3.63, 3.8) is 0 Å². The Morgan fingerprint density at radius 1 is 1.04 bits per heavy atom. The number of nitrogens with zero attached hydrogens (tertiary/aromatic N) is 1. The fraction of sp³-hybridized carbons (Fsp3) is 0.500. The van der Waals surface area contributed by atoms with Crippen molar-refractivity contribution in [2.45, 2.75) is 20.3 Å². The van der Waals surface area contributed by atoms with Gasteiger partial charge in [-0.1, -0.05) is 28.1 Å². The summed E-state index contributed by atoms with van der Waals surface area (Å²) in [4.78, 5) is 27.3. The molecule has 5 heteroatoms. The monoisotopic (exact) mass is 400 g/mol. The van der Waals surface area contributed by atoms with Crippen LogP contribution in [0.2, 0.25) is 0 Å². The Hall–Kier alpha value is -1.62. The number of nitrogens with one attached hydrogen (secondary N) is 1. The van der Waals surface area contributed by atoms with Crippen molar-refractivity contribution in [1.82, 2.24) is 4.90 Å². The number of benzene rings is 1. The first-order chi connectivity index (χ1) is 12.0.